The molecule has 0 atom stereocenters. The van der Waals surface area contributed by atoms with Crippen LogP contribution in [0.15, 0.2) is 75.9 Å². The van der Waals surface area contributed by atoms with Gasteiger partial charge in [-0.15, -0.1) is 11.3 Å². The fraction of sp³-hybridized carbons (Fsp3) is 0.130. The van der Waals surface area contributed by atoms with Gasteiger partial charge in [0, 0.05) is 28.9 Å². The van der Waals surface area contributed by atoms with Crippen molar-refractivity contribution < 1.29 is 13.2 Å². The summed E-state index contributed by atoms with van der Waals surface area (Å²) in [4.78, 5) is 28.7. The van der Waals surface area contributed by atoms with Gasteiger partial charge >= 0.3 is 0 Å². The third-order valence-corrected chi connectivity index (χ3v) is 7.10. The molecule has 2 aromatic carbocycles. The van der Waals surface area contributed by atoms with Crippen LogP contribution in [0.5, 0.6) is 0 Å². The van der Waals surface area contributed by atoms with Gasteiger partial charge in [-0.2, -0.15) is 5.10 Å². The molecular weight excluding hydrogens is 474 g/mol. The summed E-state index contributed by atoms with van der Waals surface area (Å²) in [7, 11) is -3.79. The Morgan fingerprint density at radius 1 is 1.06 bits per heavy atom. The van der Waals surface area contributed by atoms with Crippen LogP contribution in [0.3, 0.4) is 0 Å². The summed E-state index contributed by atoms with van der Waals surface area (Å²) in [6.07, 6.45) is 1.50. The van der Waals surface area contributed by atoms with Crippen molar-refractivity contribution in [2.75, 3.05) is 10.0 Å². The predicted molar refractivity (Wildman–Crippen MR) is 131 cm³/mol. The van der Waals surface area contributed by atoms with Crippen molar-refractivity contribution >= 4 is 38.1 Å². The van der Waals surface area contributed by atoms with Crippen molar-refractivity contribution in [3.05, 3.63) is 87.7 Å². The lowest BCUT2D eigenvalue weighted by Crippen LogP contribution is -2.29. The molecule has 0 saturated heterocycles. The fourth-order valence-electron chi connectivity index (χ4n) is 3.22. The largest absolute Gasteiger partial charge is 0.324 e. The lowest BCUT2D eigenvalue weighted by molar-refractivity contribution is -0.117. The number of sulfonamides is 1. The highest BCUT2D eigenvalue weighted by Crippen LogP contribution is 2.22. The highest BCUT2D eigenvalue weighted by Gasteiger charge is 2.16. The molecule has 0 fully saturated rings. The molecule has 1 amide bonds. The summed E-state index contributed by atoms with van der Waals surface area (Å²) in [5.74, 6) is -0.468. The van der Waals surface area contributed by atoms with Crippen molar-refractivity contribution in [3.63, 3.8) is 0 Å². The molecule has 0 saturated carbocycles. The van der Waals surface area contributed by atoms with E-state index in [1.807, 2.05) is 32.0 Å². The number of aryl methyl sites for hydroxylation is 2. The van der Waals surface area contributed by atoms with Crippen LogP contribution in [0.2, 0.25) is 0 Å². The second-order valence-electron chi connectivity index (χ2n) is 7.55. The van der Waals surface area contributed by atoms with Crippen LogP contribution < -0.4 is 15.6 Å². The summed E-state index contributed by atoms with van der Waals surface area (Å²) in [5, 5.41) is 8.94. The van der Waals surface area contributed by atoms with E-state index >= 15 is 0 Å². The monoisotopic (exact) mass is 495 g/mol. The number of hydrogen-bond donors (Lipinski definition) is 2. The molecule has 0 aliphatic rings. The molecule has 2 aromatic heterocycles. The quantitative estimate of drug-likeness (QED) is 0.405. The number of nitrogens with one attached hydrogen (secondary N) is 2. The van der Waals surface area contributed by atoms with E-state index in [1.54, 1.807) is 11.4 Å². The lowest BCUT2D eigenvalue weighted by Gasteiger charge is -2.11. The molecule has 2 heterocycles. The zero-order chi connectivity index (χ0) is 24.3. The molecule has 0 aliphatic heterocycles. The molecule has 9 nitrogen and oxygen atoms in total. The number of thiazole rings is 1. The van der Waals surface area contributed by atoms with Crippen LogP contribution in [-0.2, 0) is 21.4 Å². The number of amides is 1. The molecule has 0 bridgehead atoms. The summed E-state index contributed by atoms with van der Waals surface area (Å²) in [5.41, 5.74) is 3.53. The smallest absolute Gasteiger partial charge is 0.267 e. The third-order valence-electron chi connectivity index (χ3n) is 4.93. The lowest BCUT2D eigenvalue weighted by atomic mass is 10.0. The van der Waals surface area contributed by atoms with Crippen LogP contribution in [0, 0.1) is 13.8 Å². The summed E-state index contributed by atoms with van der Waals surface area (Å²) < 4.78 is 28.3. The van der Waals surface area contributed by atoms with Crippen LogP contribution in [0.1, 0.15) is 11.1 Å². The topological polar surface area (TPSA) is 123 Å². The number of aromatic nitrogens is 3. The maximum Gasteiger partial charge on any atom is 0.267 e. The Morgan fingerprint density at radius 3 is 2.53 bits per heavy atom. The van der Waals surface area contributed by atoms with Gasteiger partial charge in [-0.1, -0.05) is 17.7 Å². The number of carbonyl (C=O) groups is 1. The van der Waals surface area contributed by atoms with E-state index in [2.05, 4.69) is 20.1 Å². The first kappa shape index (κ1) is 23.3. The van der Waals surface area contributed by atoms with E-state index in [-0.39, 0.29) is 16.6 Å². The predicted octanol–water partition coefficient (Wildman–Crippen LogP) is 3.42. The van der Waals surface area contributed by atoms with Crippen molar-refractivity contribution in [2.24, 2.45) is 0 Å². The molecule has 174 valence electrons. The van der Waals surface area contributed by atoms with E-state index in [0.717, 1.165) is 21.4 Å². The minimum absolute atomic E-state index is 0.0276. The van der Waals surface area contributed by atoms with Crippen LogP contribution in [0.4, 0.5) is 10.8 Å². The molecule has 11 heteroatoms. The summed E-state index contributed by atoms with van der Waals surface area (Å²) in [6.45, 7) is 3.64. The molecule has 0 spiro atoms. The van der Waals surface area contributed by atoms with Gasteiger partial charge < -0.3 is 5.32 Å². The maximum atomic E-state index is 12.5. The molecule has 4 aromatic rings. The molecule has 4 rings (SSSR count). The van der Waals surface area contributed by atoms with Gasteiger partial charge in [0.1, 0.15) is 6.54 Å². The van der Waals surface area contributed by atoms with Gasteiger partial charge in [0.2, 0.25) is 5.91 Å². The number of nitrogens with zero attached hydrogens (tertiary/aromatic N) is 3. The molecular formula is C23H21N5O4S2. The zero-order valence-electron chi connectivity index (χ0n) is 18.3. The van der Waals surface area contributed by atoms with Crippen LogP contribution in [-0.4, -0.2) is 29.1 Å². The Hall–Kier alpha value is -3.83. The second kappa shape index (κ2) is 9.57. The highest BCUT2D eigenvalue weighted by molar-refractivity contribution is 7.93. The van der Waals surface area contributed by atoms with Crippen molar-refractivity contribution in [3.8, 4) is 11.3 Å². The number of benzene rings is 2. The van der Waals surface area contributed by atoms with E-state index in [1.165, 1.54) is 47.9 Å². The van der Waals surface area contributed by atoms with Gasteiger partial charge in [0.15, 0.2) is 5.13 Å². The maximum absolute atomic E-state index is 12.5. The molecule has 34 heavy (non-hydrogen) atoms. The van der Waals surface area contributed by atoms with Gasteiger partial charge in [0.25, 0.3) is 15.6 Å². The van der Waals surface area contributed by atoms with E-state index < -0.39 is 21.5 Å². The van der Waals surface area contributed by atoms with E-state index in [9.17, 15) is 18.0 Å². The molecule has 0 aliphatic carbocycles. The normalized spacial score (nSPS) is 11.2. The highest BCUT2D eigenvalue weighted by atomic mass is 32.2. The average Bonchev–Trinajstić information content (AvgIpc) is 3.30. The van der Waals surface area contributed by atoms with Gasteiger partial charge in [-0.05, 0) is 55.8 Å². The molecule has 2 N–H and O–H groups in total. The Bertz CT molecular complexity index is 1500. The number of rotatable bonds is 7. The first-order valence-electron chi connectivity index (χ1n) is 10.2. The van der Waals surface area contributed by atoms with Crippen LogP contribution >= 0.6 is 11.3 Å². The first-order chi connectivity index (χ1) is 16.2. The summed E-state index contributed by atoms with van der Waals surface area (Å²) in [6, 6.07) is 14.6. The fourth-order valence-corrected chi connectivity index (χ4v) is 5.01. The standard InChI is InChI=1S/C23H21N5O4S2/c1-15-3-4-16(2)19(13-15)20-9-10-22(30)28(26-20)14-21(29)25-17-5-7-18(8-6-17)34(31,32)27-23-24-11-12-33-23/h3-13H,14H2,1-2H3,(H,24,27)(H,25,29). The molecule has 0 unspecified atom stereocenters. The van der Waals surface area contributed by atoms with Gasteiger partial charge in [-0.25, -0.2) is 18.1 Å². The Kier molecular flexibility index (Phi) is 6.57. The third kappa shape index (κ3) is 5.38. The minimum atomic E-state index is -3.79. The second-order valence-corrected chi connectivity index (χ2v) is 10.1. The van der Waals surface area contributed by atoms with Crippen LogP contribution in [0.25, 0.3) is 11.3 Å². The minimum Gasteiger partial charge on any atom is -0.324 e. The van der Waals surface area contributed by atoms with Crippen molar-refractivity contribution in [1.29, 1.82) is 0 Å². The molecule has 0 radical (unpaired) electrons. The Morgan fingerprint density at radius 2 is 1.82 bits per heavy atom. The summed E-state index contributed by atoms with van der Waals surface area (Å²) >= 11 is 1.17. The van der Waals surface area contributed by atoms with Crippen molar-refractivity contribution in [2.45, 2.75) is 25.3 Å². The van der Waals surface area contributed by atoms with Gasteiger partial charge in [0.05, 0.1) is 10.6 Å². The number of anilines is 2. The first-order valence-corrected chi connectivity index (χ1v) is 12.6. The SMILES string of the molecule is Cc1ccc(C)c(-c2ccc(=O)n(CC(=O)Nc3ccc(S(=O)(=O)Nc4nccs4)cc3)n2)c1. The average molecular weight is 496 g/mol. The number of hydrogen-bond acceptors (Lipinski definition) is 7. The zero-order valence-corrected chi connectivity index (χ0v) is 20.0. The van der Waals surface area contributed by atoms with Gasteiger partial charge in [-0.3, -0.25) is 14.3 Å². The van der Waals surface area contributed by atoms with E-state index in [0.29, 0.717) is 11.4 Å². The van der Waals surface area contributed by atoms with Crippen molar-refractivity contribution in [1.82, 2.24) is 14.8 Å². The Balaban J connectivity index is 1.47. The number of carbonyl (C=O) groups excluding carboxylic acids is 1. The Labute approximate surface area is 200 Å². The van der Waals surface area contributed by atoms with E-state index in [4.69, 9.17) is 0 Å².